The van der Waals surface area contributed by atoms with E-state index in [0.29, 0.717) is 23.7 Å². The van der Waals surface area contributed by atoms with Gasteiger partial charge in [-0.2, -0.15) is 4.31 Å². The summed E-state index contributed by atoms with van der Waals surface area (Å²) in [6.07, 6.45) is 2.97. The summed E-state index contributed by atoms with van der Waals surface area (Å²) in [6, 6.07) is 3.54. The van der Waals surface area contributed by atoms with E-state index in [4.69, 9.17) is 5.73 Å². The second kappa shape index (κ2) is 4.90. The van der Waals surface area contributed by atoms with Crippen LogP contribution in [0.3, 0.4) is 0 Å². The van der Waals surface area contributed by atoms with E-state index >= 15 is 0 Å². The molecule has 18 heavy (non-hydrogen) atoms. The molecule has 4 nitrogen and oxygen atoms in total. The zero-order valence-electron chi connectivity index (χ0n) is 10.9. The van der Waals surface area contributed by atoms with Crippen molar-refractivity contribution in [3.8, 4) is 0 Å². The maximum Gasteiger partial charge on any atom is 0.245 e. The fourth-order valence-electron chi connectivity index (χ4n) is 2.39. The van der Waals surface area contributed by atoms with Gasteiger partial charge in [0.05, 0.1) is 5.69 Å². The van der Waals surface area contributed by atoms with Crippen LogP contribution in [-0.4, -0.2) is 25.8 Å². The van der Waals surface area contributed by atoms with Gasteiger partial charge in [-0.05, 0) is 43.9 Å². The summed E-state index contributed by atoms with van der Waals surface area (Å²) in [7, 11) is -3.44. The van der Waals surface area contributed by atoms with E-state index in [0.717, 1.165) is 30.4 Å². The number of nitrogens with zero attached hydrogens (tertiary/aromatic N) is 1. The number of sulfonamides is 1. The Kier molecular flexibility index (Phi) is 3.64. The molecule has 2 rings (SSSR count). The van der Waals surface area contributed by atoms with Gasteiger partial charge < -0.3 is 5.73 Å². The lowest BCUT2D eigenvalue weighted by molar-refractivity contribution is 0.346. The molecule has 0 aromatic heterocycles. The van der Waals surface area contributed by atoms with Gasteiger partial charge in [-0.3, -0.25) is 0 Å². The monoisotopic (exact) mass is 268 g/mol. The van der Waals surface area contributed by atoms with Gasteiger partial charge in [0.1, 0.15) is 4.90 Å². The summed E-state index contributed by atoms with van der Waals surface area (Å²) >= 11 is 0. The highest BCUT2D eigenvalue weighted by Crippen LogP contribution is 2.29. The Morgan fingerprint density at radius 1 is 1.11 bits per heavy atom. The number of rotatable bonds is 2. The van der Waals surface area contributed by atoms with E-state index in [1.165, 1.54) is 0 Å². The fourth-order valence-corrected chi connectivity index (χ4v) is 4.30. The molecule has 0 atom stereocenters. The van der Waals surface area contributed by atoms with Crippen molar-refractivity contribution in [2.45, 2.75) is 38.0 Å². The predicted molar refractivity (Wildman–Crippen MR) is 72.9 cm³/mol. The highest BCUT2D eigenvalue weighted by Gasteiger charge is 2.29. The van der Waals surface area contributed by atoms with Gasteiger partial charge in [0.25, 0.3) is 0 Å². The number of nitrogen functional groups attached to an aromatic ring is 1. The lowest BCUT2D eigenvalue weighted by atomic mass is 10.1. The zero-order chi connectivity index (χ0) is 13.3. The van der Waals surface area contributed by atoms with Crippen molar-refractivity contribution in [3.63, 3.8) is 0 Å². The maximum absolute atomic E-state index is 12.6. The molecule has 1 fully saturated rings. The largest absolute Gasteiger partial charge is 0.398 e. The quantitative estimate of drug-likeness (QED) is 0.835. The smallest absolute Gasteiger partial charge is 0.245 e. The van der Waals surface area contributed by atoms with Crippen LogP contribution in [0.15, 0.2) is 17.0 Å². The van der Waals surface area contributed by atoms with Crippen molar-refractivity contribution in [2.24, 2.45) is 0 Å². The zero-order valence-corrected chi connectivity index (χ0v) is 11.8. The van der Waals surface area contributed by atoms with Crippen molar-refractivity contribution in [1.29, 1.82) is 0 Å². The number of piperidine rings is 1. The minimum Gasteiger partial charge on any atom is -0.398 e. The highest BCUT2D eigenvalue weighted by molar-refractivity contribution is 7.89. The van der Waals surface area contributed by atoms with Crippen molar-refractivity contribution >= 4 is 15.7 Å². The summed E-state index contributed by atoms with van der Waals surface area (Å²) in [5.41, 5.74) is 7.95. The molecular formula is C13H20N2O2S. The van der Waals surface area contributed by atoms with E-state index in [-0.39, 0.29) is 0 Å². The Labute approximate surface area is 109 Å². The number of benzene rings is 1. The summed E-state index contributed by atoms with van der Waals surface area (Å²) in [4.78, 5) is 0.296. The van der Waals surface area contributed by atoms with Gasteiger partial charge in [0.2, 0.25) is 10.0 Å². The number of aryl methyl sites for hydroxylation is 1. The summed E-state index contributed by atoms with van der Waals surface area (Å²) in [5.74, 6) is 0. The molecule has 1 aromatic carbocycles. The number of nitrogens with two attached hydrogens (primary N) is 1. The van der Waals surface area contributed by atoms with Gasteiger partial charge in [-0.15, -0.1) is 0 Å². The third kappa shape index (κ3) is 2.24. The molecule has 0 saturated carbocycles. The van der Waals surface area contributed by atoms with Crippen molar-refractivity contribution in [3.05, 3.63) is 23.3 Å². The molecule has 0 bridgehead atoms. The molecule has 0 amide bonds. The van der Waals surface area contributed by atoms with Crippen LogP contribution in [0.4, 0.5) is 5.69 Å². The highest BCUT2D eigenvalue weighted by atomic mass is 32.2. The van der Waals surface area contributed by atoms with Crippen LogP contribution < -0.4 is 5.73 Å². The maximum atomic E-state index is 12.6. The first-order valence-corrected chi connectivity index (χ1v) is 7.74. The molecule has 0 radical (unpaired) electrons. The van der Waals surface area contributed by atoms with E-state index < -0.39 is 10.0 Å². The molecule has 1 heterocycles. The lowest BCUT2D eigenvalue weighted by Gasteiger charge is -2.27. The molecule has 1 aliphatic rings. The minimum absolute atomic E-state index is 0.296. The third-order valence-electron chi connectivity index (χ3n) is 3.62. The lowest BCUT2D eigenvalue weighted by Crippen LogP contribution is -2.36. The molecule has 0 spiro atoms. The Balaban J connectivity index is 2.50. The number of hydrogen-bond acceptors (Lipinski definition) is 3. The molecule has 0 unspecified atom stereocenters. The number of hydrogen-bond donors (Lipinski definition) is 1. The molecule has 1 aliphatic heterocycles. The van der Waals surface area contributed by atoms with Crippen LogP contribution in [0.1, 0.15) is 30.4 Å². The minimum atomic E-state index is -3.44. The van der Waals surface area contributed by atoms with E-state index in [2.05, 4.69) is 0 Å². The average molecular weight is 268 g/mol. The van der Waals surface area contributed by atoms with Gasteiger partial charge >= 0.3 is 0 Å². The summed E-state index contributed by atoms with van der Waals surface area (Å²) < 4.78 is 26.8. The van der Waals surface area contributed by atoms with E-state index in [9.17, 15) is 8.42 Å². The summed E-state index contributed by atoms with van der Waals surface area (Å²) in [6.45, 7) is 4.94. The Morgan fingerprint density at radius 2 is 1.72 bits per heavy atom. The molecule has 2 N–H and O–H groups in total. The van der Waals surface area contributed by atoms with E-state index in [1.807, 2.05) is 19.9 Å². The van der Waals surface area contributed by atoms with Crippen molar-refractivity contribution < 1.29 is 8.42 Å². The first kappa shape index (κ1) is 13.4. The molecule has 1 saturated heterocycles. The van der Waals surface area contributed by atoms with Gasteiger partial charge in [-0.1, -0.05) is 12.5 Å². The van der Waals surface area contributed by atoms with Crippen LogP contribution in [0.5, 0.6) is 0 Å². The number of anilines is 1. The fraction of sp³-hybridized carbons (Fsp3) is 0.538. The second-order valence-corrected chi connectivity index (χ2v) is 6.77. The second-order valence-electron chi connectivity index (χ2n) is 4.89. The first-order valence-electron chi connectivity index (χ1n) is 6.30. The van der Waals surface area contributed by atoms with Crippen LogP contribution in [0, 0.1) is 13.8 Å². The summed E-state index contributed by atoms with van der Waals surface area (Å²) in [5, 5.41) is 0. The van der Waals surface area contributed by atoms with Crippen LogP contribution in [0.2, 0.25) is 0 Å². The molecule has 100 valence electrons. The Morgan fingerprint density at radius 3 is 2.33 bits per heavy atom. The Bertz CT molecular complexity index is 546. The SMILES string of the molecule is Cc1ccc(N)c(S(=O)(=O)N2CCCCC2)c1C. The molecule has 1 aromatic rings. The van der Waals surface area contributed by atoms with E-state index in [1.54, 1.807) is 10.4 Å². The standard InChI is InChI=1S/C13H20N2O2S/c1-10-6-7-12(14)13(11(10)2)18(16,17)15-8-4-3-5-9-15/h6-7H,3-5,8-9,14H2,1-2H3. The third-order valence-corrected chi connectivity index (χ3v) is 5.72. The van der Waals surface area contributed by atoms with Crippen LogP contribution >= 0.6 is 0 Å². The van der Waals surface area contributed by atoms with Crippen LogP contribution in [-0.2, 0) is 10.0 Å². The van der Waals surface area contributed by atoms with Gasteiger partial charge in [-0.25, -0.2) is 8.42 Å². The van der Waals surface area contributed by atoms with Crippen molar-refractivity contribution in [1.82, 2.24) is 4.31 Å². The Hall–Kier alpha value is -1.07. The van der Waals surface area contributed by atoms with Crippen molar-refractivity contribution in [2.75, 3.05) is 18.8 Å². The molecule has 5 heteroatoms. The normalized spacial score (nSPS) is 17.9. The topological polar surface area (TPSA) is 63.4 Å². The molecule has 0 aliphatic carbocycles. The molecular weight excluding hydrogens is 248 g/mol. The van der Waals surface area contributed by atoms with Gasteiger partial charge in [0, 0.05) is 13.1 Å². The van der Waals surface area contributed by atoms with Gasteiger partial charge in [0.15, 0.2) is 0 Å². The predicted octanol–water partition coefficient (Wildman–Crippen LogP) is 2.06. The average Bonchev–Trinajstić information content (AvgIpc) is 2.35. The van der Waals surface area contributed by atoms with Crippen LogP contribution in [0.25, 0.3) is 0 Å². The first-order chi connectivity index (χ1) is 8.44.